The summed E-state index contributed by atoms with van der Waals surface area (Å²) in [5.41, 5.74) is 22.6. The highest BCUT2D eigenvalue weighted by molar-refractivity contribution is 8.17. The molecule has 66 heavy (non-hydrogen) atoms. The molecule has 0 amide bonds. The van der Waals surface area contributed by atoms with Crippen molar-refractivity contribution >= 4 is 45.0 Å². The van der Waals surface area contributed by atoms with Gasteiger partial charge in [-0.15, -0.1) is 0 Å². The van der Waals surface area contributed by atoms with E-state index in [0.717, 1.165) is 0 Å². The van der Waals surface area contributed by atoms with Gasteiger partial charge in [0.25, 0.3) is 0 Å². The van der Waals surface area contributed by atoms with E-state index in [1.54, 1.807) is 22.3 Å². The fourth-order valence-corrected chi connectivity index (χ4v) is 16.7. The van der Waals surface area contributed by atoms with Crippen molar-refractivity contribution in [3.05, 3.63) is 123 Å². The molecular formula is C63H80N2S. The lowest BCUT2D eigenvalue weighted by Gasteiger charge is -2.51. The van der Waals surface area contributed by atoms with Gasteiger partial charge in [-0.2, -0.15) is 10.9 Å². The van der Waals surface area contributed by atoms with Gasteiger partial charge in [0.05, 0.1) is 22.7 Å². The summed E-state index contributed by atoms with van der Waals surface area (Å²) in [7, 11) is -0.943. The Bertz CT molecular complexity index is 2720. The van der Waals surface area contributed by atoms with Crippen molar-refractivity contribution in [3.63, 3.8) is 0 Å². The normalized spacial score (nSPS) is 23.9. The van der Waals surface area contributed by atoms with Crippen LogP contribution in [-0.2, 0) is 43.3 Å². The molecule has 2 nitrogen and oxygen atoms in total. The maximum Gasteiger partial charge on any atom is 0.0611 e. The molecule has 0 unspecified atom stereocenters. The number of anilines is 6. The van der Waals surface area contributed by atoms with Crippen molar-refractivity contribution in [2.75, 3.05) is 9.80 Å². The molecule has 5 aromatic carbocycles. The van der Waals surface area contributed by atoms with Crippen LogP contribution < -0.4 is 9.80 Å². The zero-order valence-corrected chi connectivity index (χ0v) is 44.8. The minimum Gasteiger partial charge on any atom is -0.308 e. The lowest BCUT2D eigenvalue weighted by molar-refractivity contribution is 0.331. The van der Waals surface area contributed by atoms with Gasteiger partial charge in [-0.1, -0.05) is 123 Å². The predicted molar refractivity (Wildman–Crippen MR) is 285 cm³/mol. The lowest BCUT2D eigenvalue weighted by Crippen LogP contribution is -2.36. The van der Waals surface area contributed by atoms with Gasteiger partial charge in [0.2, 0.25) is 0 Å². The highest BCUT2D eigenvalue weighted by atomic mass is 32.2. The molecule has 0 spiro atoms. The van der Waals surface area contributed by atoms with Gasteiger partial charge in [0, 0.05) is 26.1 Å². The fourth-order valence-electron chi connectivity index (χ4n) is 13.8. The number of nitrogens with zero attached hydrogens (tertiary/aromatic N) is 2. The summed E-state index contributed by atoms with van der Waals surface area (Å²) in [5.74, 6) is 0. The SMILES string of the molecule is Cc1cc2c3c(c1)N(c1ccc4c(c1)C(C)(C)CCC4(C)C)c1cc4c(cc1[SH]3c1cc3c(cc1N2c1ccc2c(c1)C(C)(C)CCC2(C)C)C(C)(C)CCC3(C)C)C(C)(C)CCC4(C)C. The highest BCUT2D eigenvalue weighted by Crippen LogP contribution is 2.73. The van der Waals surface area contributed by atoms with Crippen LogP contribution in [0.25, 0.3) is 0 Å². The average Bonchev–Trinajstić information content (AvgIpc) is 3.23. The summed E-state index contributed by atoms with van der Waals surface area (Å²) >= 11 is 0. The van der Waals surface area contributed by atoms with E-state index < -0.39 is 10.9 Å². The number of thiol groups is 1. The molecule has 348 valence electrons. The van der Waals surface area contributed by atoms with Gasteiger partial charge >= 0.3 is 0 Å². The molecule has 0 radical (unpaired) electrons. The van der Waals surface area contributed by atoms with E-state index in [9.17, 15) is 0 Å². The molecule has 0 atom stereocenters. The number of aryl methyl sites for hydroxylation is 1. The standard InChI is InChI=1S/C63H80N2S/c1-38-30-51-55-52(31-38)65(40-19-21-42-44(33-40)59(8,9)25-23-57(42,4)5)50-35-46-48(63(16,17)29-27-61(46,12)13)37-54(50)66(55)53-36-47-45(60(10,11)26-28-62(47,14)15)34-49(53)64(51)39-18-20-41-43(32-39)58(6,7)24-22-56(41,2)3/h18-21,30-37,66H,22-29H2,1-17H3. The second kappa shape index (κ2) is 13.6. The molecule has 0 saturated heterocycles. The van der Waals surface area contributed by atoms with Crippen LogP contribution in [0.1, 0.15) is 212 Å². The Morgan fingerprint density at radius 3 is 0.909 bits per heavy atom. The quantitative estimate of drug-likeness (QED) is 0.173. The molecule has 0 aromatic heterocycles. The van der Waals surface area contributed by atoms with Crippen molar-refractivity contribution in [2.24, 2.45) is 0 Å². The summed E-state index contributed by atoms with van der Waals surface area (Å²) in [4.78, 5) is 10.1. The van der Waals surface area contributed by atoms with Crippen molar-refractivity contribution in [1.29, 1.82) is 0 Å². The van der Waals surface area contributed by atoms with E-state index >= 15 is 0 Å². The zero-order valence-electron chi connectivity index (χ0n) is 43.9. The van der Waals surface area contributed by atoms with E-state index in [4.69, 9.17) is 0 Å². The fraction of sp³-hybridized carbons (Fsp3) is 0.524. The molecular weight excluding hydrogens is 817 g/mol. The highest BCUT2D eigenvalue weighted by Gasteiger charge is 2.47. The molecule has 2 heterocycles. The number of fused-ring (bicyclic) bond motifs is 8. The largest absolute Gasteiger partial charge is 0.308 e. The van der Waals surface area contributed by atoms with Crippen LogP contribution in [0, 0.1) is 6.92 Å². The second-order valence-corrected chi connectivity index (χ2v) is 29.5. The molecule has 3 heteroatoms. The Balaban J connectivity index is 1.27. The van der Waals surface area contributed by atoms with E-state index in [2.05, 4.69) is 200 Å². The van der Waals surface area contributed by atoms with Crippen LogP contribution in [0.15, 0.2) is 87.5 Å². The number of hydrogen-bond acceptors (Lipinski definition) is 2. The monoisotopic (exact) mass is 897 g/mol. The van der Waals surface area contributed by atoms with Crippen LogP contribution in [-0.4, -0.2) is 0 Å². The van der Waals surface area contributed by atoms with E-state index in [1.165, 1.54) is 128 Å². The van der Waals surface area contributed by atoms with Gasteiger partial charge in [-0.25, -0.2) is 0 Å². The predicted octanol–water partition coefficient (Wildman–Crippen LogP) is 18.4. The maximum absolute atomic E-state index is 2.76. The van der Waals surface area contributed by atoms with Gasteiger partial charge in [-0.3, -0.25) is 0 Å². The molecule has 5 aromatic rings. The number of benzene rings is 5. The smallest absolute Gasteiger partial charge is 0.0611 e. The van der Waals surface area contributed by atoms with Gasteiger partial charge < -0.3 is 9.80 Å². The molecule has 0 bridgehead atoms. The first-order chi connectivity index (χ1) is 30.5. The summed E-state index contributed by atoms with van der Waals surface area (Å²) < 4.78 is 0. The lowest BCUT2D eigenvalue weighted by atomic mass is 9.63. The first-order valence-electron chi connectivity index (χ1n) is 25.8. The van der Waals surface area contributed by atoms with E-state index in [1.807, 2.05) is 0 Å². The van der Waals surface area contributed by atoms with E-state index in [0.29, 0.717) is 0 Å². The first-order valence-corrected chi connectivity index (χ1v) is 27.1. The Kier molecular flexibility index (Phi) is 9.21. The van der Waals surface area contributed by atoms with Crippen LogP contribution in [0.3, 0.4) is 0 Å². The van der Waals surface area contributed by atoms with Crippen molar-refractivity contribution in [1.82, 2.24) is 0 Å². The molecule has 4 aliphatic carbocycles. The summed E-state index contributed by atoms with van der Waals surface area (Å²) in [6, 6.07) is 31.3. The van der Waals surface area contributed by atoms with Crippen molar-refractivity contribution in [2.45, 2.75) is 227 Å². The Hall–Kier alpha value is -3.95. The van der Waals surface area contributed by atoms with Crippen molar-refractivity contribution in [3.8, 4) is 0 Å². The minimum atomic E-state index is -0.943. The Morgan fingerprint density at radius 1 is 0.318 bits per heavy atom. The number of hydrogen-bond donors (Lipinski definition) is 1. The van der Waals surface area contributed by atoms with Crippen molar-refractivity contribution < 1.29 is 0 Å². The average molecular weight is 897 g/mol. The molecule has 11 rings (SSSR count). The summed E-state index contributed by atoms with van der Waals surface area (Å²) in [6.45, 7) is 42.3. The van der Waals surface area contributed by atoms with Crippen LogP contribution in [0.5, 0.6) is 0 Å². The molecule has 0 saturated carbocycles. The summed E-state index contributed by atoms with van der Waals surface area (Å²) in [6.07, 6.45) is 9.65. The molecule has 6 aliphatic rings. The second-order valence-electron chi connectivity index (χ2n) is 27.5. The molecule has 2 aliphatic heterocycles. The Morgan fingerprint density at radius 2 is 0.591 bits per heavy atom. The van der Waals surface area contributed by atoms with Gasteiger partial charge in [-0.05, 0) is 212 Å². The zero-order chi connectivity index (χ0) is 47.3. The van der Waals surface area contributed by atoms with Crippen LogP contribution in [0.4, 0.5) is 34.1 Å². The van der Waals surface area contributed by atoms with Crippen LogP contribution >= 0.6 is 10.9 Å². The van der Waals surface area contributed by atoms with Crippen LogP contribution in [0.2, 0.25) is 0 Å². The summed E-state index contributed by atoms with van der Waals surface area (Å²) in [5, 5.41) is 0. The molecule has 0 fully saturated rings. The topological polar surface area (TPSA) is 6.48 Å². The first kappa shape index (κ1) is 44.5. The van der Waals surface area contributed by atoms with E-state index in [-0.39, 0.29) is 43.3 Å². The third-order valence-corrected chi connectivity index (χ3v) is 21.6. The number of rotatable bonds is 2. The molecule has 0 N–H and O–H groups in total. The maximum atomic E-state index is 2.76. The third kappa shape index (κ3) is 6.32. The Labute approximate surface area is 402 Å². The third-order valence-electron chi connectivity index (χ3n) is 19.0. The van der Waals surface area contributed by atoms with Gasteiger partial charge in [0.15, 0.2) is 0 Å². The minimum absolute atomic E-state index is 0.0868. The van der Waals surface area contributed by atoms with Gasteiger partial charge in [0.1, 0.15) is 0 Å².